The molecule has 3 heterocycles. The van der Waals surface area contributed by atoms with Gasteiger partial charge in [0.1, 0.15) is 18.0 Å². The summed E-state index contributed by atoms with van der Waals surface area (Å²) in [6.45, 7) is 4.63. The minimum Gasteiger partial charge on any atom is -0.480 e. The summed E-state index contributed by atoms with van der Waals surface area (Å²) < 4.78 is 0. The Kier molecular flexibility index (Phi) is 3.61. The number of aliphatic carboxylic acids is 1. The van der Waals surface area contributed by atoms with Crippen molar-refractivity contribution in [2.24, 2.45) is 0 Å². The zero-order valence-electron chi connectivity index (χ0n) is 12.0. The van der Waals surface area contributed by atoms with E-state index in [1.54, 1.807) is 0 Å². The van der Waals surface area contributed by atoms with Gasteiger partial charge in [0.2, 0.25) is 11.6 Å². The first kappa shape index (κ1) is 14.6. The molecule has 0 aromatic carbocycles. The first-order valence-corrected chi connectivity index (χ1v) is 7.15. The number of carboxylic acid groups (broad SMARTS) is 1. The van der Waals surface area contributed by atoms with E-state index in [1.165, 1.54) is 6.08 Å². The van der Waals surface area contributed by atoms with Gasteiger partial charge >= 0.3 is 5.97 Å². The molecule has 4 rings (SSSR count). The zero-order valence-corrected chi connectivity index (χ0v) is 12.0. The van der Waals surface area contributed by atoms with E-state index in [1.807, 2.05) is 14.7 Å². The topological polar surface area (TPSA) is 101 Å². The van der Waals surface area contributed by atoms with Gasteiger partial charge in [-0.3, -0.25) is 9.59 Å². The van der Waals surface area contributed by atoms with Crippen LogP contribution >= 0.6 is 0 Å². The molecule has 0 amide bonds. The third-order valence-electron chi connectivity index (χ3n) is 3.62. The normalized spacial score (nSPS) is 22.2. The summed E-state index contributed by atoms with van der Waals surface area (Å²) in [5.41, 5.74) is 1.89. The Hall–Kier alpha value is -2.35. The van der Waals surface area contributed by atoms with Gasteiger partial charge in [0.25, 0.3) is 0 Å². The van der Waals surface area contributed by atoms with Crippen LogP contribution in [0.15, 0.2) is 23.2 Å². The molecule has 0 unspecified atom stereocenters. The second kappa shape index (κ2) is 5.45. The Morgan fingerprint density at radius 3 is 1.82 bits per heavy atom. The number of rotatable bonds is 4. The molecule has 118 valence electrons. The molecule has 2 N–H and O–H groups in total. The molecule has 0 spiro atoms. The van der Waals surface area contributed by atoms with Crippen molar-refractivity contribution in [2.45, 2.75) is 0 Å². The lowest BCUT2D eigenvalue weighted by Crippen LogP contribution is -2.29. The van der Waals surface area contributed by atoms with Crippen molar-refractivity contribution in [3.63, 3.8) is 0 Å². The van der Waals surface area contributed by atoms with Crippen LogP contribution in [-0.2, 0) is 14.4 Å². The highest BCUT2D eigenvalue weighted by molar-refractivity contribution is 6.22. The summed E-state index contributed by atoms with van der Waals surface area (Å²) in [5, 5.41) is 15.0. The molecule has 3 saturated heterocycles. The first-order chi connectivity index (χ1) is 10.5. The maximum atomic E-state index is 12.4. The predicted octanol–water partition coefficient (Wildman–Crippen LogP) is -1.76. The Labute approximate surface area is 126 Å². The van der Waals surface area contributed by atoms with Gasteiger partial charge in [0, 0.05) is 45.3 Å². The molecule has 8 heteroatoms. The Morgan fingerprint density at radius 1 is 0.955 bits per heavy atom. The molecule has 3 aliphatic heterocycles. The summed E-state index contributed by atoms with van der Waals surface area (Å²) in [6.07, 6.45) is 1.52. The summed E-state index contributed by atoms with van der Waals surface area (Å²) in [5.74, 6) is -1.14. The second-order valence-corrected chi connectivity index (χ2v) is 5.43. The van der Waals surface area contributed by atoms with Gasteiger partial charge in [-0.2, -0.15) is 0 Å². The SMILES string of the molecule is O=C(O)CO.O=C1C=C(N2CC2)C(=O)C(N2CC2)=C1N1CC1. The first-order valence-electron chi connectivity index (χ1n) is 7.15. The van der Waals surface area contributed by atoms with Crippen LogP contribution in [0.5, 0.6) is 0 Å². The molecule has 1 aliphatic carbocycles. The predicted molar refractivity (Wildman–Crippen MR) is 74.6 cm³/mol. The molecular weight excluding hydrogens is 290 g/mol. The van der Waals surface area contributed by atoms with Gasteiger partial charge in [-0.15, -0.1) is 0 Å². The van der Waals surface area contributed by atoms with Crippen molar-refractivity contribution in [3.05, 3.63) is 23.2 Å². The van der Waals surface area contributed by atoms with Crippen molar-refractivity contribution in [3.8, 4) is 0 Å². The average Bonchev–Trinajstić information content (AvgIpc) is 3.34. The fraction of sp³-hybridized carbons (Fsp3) is 0.500. The smallest absolute Gasteiger partial charge is 0.329 e. The Morgan fingerprint density at radius 2 is 1.41 bits per heavy atom. The molecule has 0 atom stereocenters. The maximum absolute atomic E-state index is 12.4. The van der Waals surface area contributed by atoms with Crippen LogP contribution in [0.25, 0.3) is 0 Å². The van der Waals surface area contributed by atoms with E-state index in [9.17, 15) is 9.59 Å². The number of aliphatic hydroxyl groups excluding tert-OH is 1. The fourth-order valence-corrected chi connectivity index (χ4v) is 2.28. The summed E-state index contributed by atoms with van der Waals surface area (Å²) >= 11 is 0. The van der Waals surface area contributed by atoms with Gasteiger partial charge in [-0.1, -0.05) is 0 Å². The number of carbonyl (C=O) groups is 3. The van der Waals surface area contributed by atoms with Gasteiger partial charge in [0.05, 0.1) is 5.70 Å². The maximum Gasteiger partial charge on any atom is 0.329 e. The van der Waals surface area contributed by atoms with E-state index < -0.39 is 12.6 Å². The fourth-order valence-electron chi connectivity index (χ4n) is 2.28. The minimum absolute atomic E-state index is 0.00546. The van der Waals surface area contributed by atoms with Crippen LogP contribution in [0.2, 0.25) is 0 Å². The molecule has 0 aromatic rings. The van der Waals surface area contributed by atoms with E-state index in [2.05, 4.69) is 0 Å². The van der Waals surface area contributed by atoms with E-state index in [4.69, 9.17) is 15.0 Å². The van der Waals surface area contributed by atoms with Crippen LogP contribution in [0, 0.1) is 0 Å². The number of hydrogen-bond acceptors (Lipinski definition) is 7. The largest absolute Gasteiger partial charge is 0.480 e. The monoisotopic (exact) mass is 307 g/mol. The van der Waals surface area contributed by atoms with Crippen LogP contribution in [-0.4, -0.2) is 88.3 Å². The number of nitrogens with zero attached hydrogens (tertiary/aromatic N) is 3. The molecular formula is C14H17N3O5. The van der Waals surface area contributed by atoms with Crippen molar-refractivity contribution >= 4 is 17.5 Å². The molecule has 22 heavy (non-hydrogen) atoms. The number of ketones is 2. The van der Waals surface area contributed by atoms with Gasteiger partial charge < -0.3 is 24.9 Å². The second-order valence-electron chi connectivity index (χ2n) is 5.43. The summed E-state index contributed by atoms with van der Waals surface area (Å²) in [6, 6.07) is 0. The van der Waals surface area contributed by atoms with Crippen molar-refractivity contribution < 1.29 is 24.6 Å². The highest BCUT2D eigenvalue weighted by Crippen LogP contribution is 2.33. The van der Waals surface area contributed by atoms with Crippen LogP contribution in [0.1, 0.15) is 0 Å². The van der Waals surface area contributed by atoms with Crippen LogP contribution in [0.3, 0.4) is 0 Å². The van der Waals surface area contributed by atoms with Crippen LogP contribution < -0.4 is 0 Å². The number of Topliss-reactive ketones (excluding diaryl/α,β-unsaturated/α-hetero) is 1. The quantitative estimate of drug-likeness (QED) is 0.465. The lowest BCUT2D eigenvalue weighted by molar-refractivity contribution is -0.140. The Bertz CT molecular complexity index is 598. The number of allylic oxidation sites excluding steroid dienone is 1. The molecule has 0 radical (unpaired) electrons. The lowest BCUT2D eigenvalue weighted by Gasteiger charge is -2.21. The zero-order chi connectivity index (χ0) is 15.9. The van der Waals surface area contributed by atoms with Gasteiger partial charge in [-0.25, -0.2) is 4.79 Å². The average molecular weight is 307 g/mol. The van der Waals surface area contributed by atoms with Gasteiger partial charge in [-0.05, 0) is 0 Å². The number of hydrogen-bond donors (Lipinski definition) is 2. The van der Waals surface area contributed by atoms with E-state index in [0.29, 0.717) is 17.1 Å². The highest BCUT2D eigenvalue weighted by atomic mass is 16.4. The lowest BCUT2D eigenvalue weighted by atomic mass is 10.0. The summed E-state index contributed by atoms with van der Waals surface area (Å²) in [7, 11) is 0. The van der Waals surface area contributed by atoms with E-state index in [0.717, 1.165) is 39.3 Å². The minimum atomic E-state index is -1.19. The third-order valence-corrected chi connectivity index (χ3v) is 3.62. The molecule has 0 bridgehead atoms. The standard InChI is InChI=1S/C12H13N3O2.C2H4O3/c16-9-7-8(13-1-2-13)12(17)11(15-5-6-15)10(9)14-3-4-14;3-1-2(4)5/h7H,1-6H2;3H,1H2,(H,4,5). The Balaban J connectivity index is 0.000000254. The van der Waals surface area contributed by atoms with Crippen molar-refractivity contribution in [1.29, 1.82) is 0 Å². The number of aliphatic hydroxyl groups is 1. The third kappa shape index (κ3) is 2.96. The highest BCUT2D eigenvalue weighted by Gasteiger charge is 2.43. The van der Waals surface area contributed by atoms with E-state index >= 15 is 0 Å². The van der Waals surface area contributed by atoms with E-state index in [-0.39, 0.29) is 11.6 Å². The molecule has 4 aliphatic rings. The van der Waals surface area contributed by atoms with Crippen molar-refractivity contribution in [1.82, 2.24) is 14.7 Å². The molecule has 0 saturated carbocycles. The van der Waals surface area contributed by atoms with Crippen LogP contribution in [0.4, 0.5) is 0 Å². The number of carbonyl (C=O) groups excluding carboxylic acids is 2. The molecule has 8 nitrogen and oxygen atoms in total. The number of carboxylic acids is 1. The molecule has 3 fully saturated rings. The van der Waals surface area contributed by atoms with Gasteiger partial charge in [0.15, 0.2) is 0 Å². The van der Waals surface area contributed by atoms with Crippen molar-refractivity contribution in [2.75, 3.05) is 45.9 Å². The molecule has 0 aromatic heterocycles. The summed E-state index contributed by atoms with van der Waals surface area (Å²) in [4.78, 5) is 39.6.